The molecule has 0 amide bonds. The molecule has 0 fully saturated rings. The summed E-state index contributed by atoms with van der Waals surface area (Å²) in [6.45, 7) is 4.45. The predicted octanol–water partition coefficient (Wildman–Crippen LogP) is 0.601. The van der Waals surface area contributed by atoms with Gasteiger partial charge in [0.15, 0.2) is 5.92 Å². The van der Waals surface area contributed by atoms with Gasteiger partial charge in [-0.05, 0) is 27.7 Å². The highest BCUT2D eigenvalue weighted by Crippen LogP contribution is 2.31. The topological polar surface area (TPSA) is 113 Å². The fourth-order valence-electron chi connectivity index (χ4n) is 1.74. The molecule has 8 heteroatoms. The minimum absolute atomic E-state index is 0.0127. The Morgan fingerprint density at radius 2 is 1.55 bits per heavy atom. The van der Waals surface area contributed by atoms with Gasteiger partial charge in [-0.25, -0.2) is 0 Å². The molecule has 0 heterocycles. The molecule has 0 aromatic rings. The third kappa shape index (κ3) is 4.29. The van der Waals surface area contributed by atoms with E-state index in [9.17, 15) is 24.5 Å². The van der Waals surface area contributed by atoms with E-state index in [1.165, 1.54) is 20.8 Å². The number of hydrogen-bond donors (Lipinski definition) is 0. The van der Waals surface area contributed by atoms with Gasteiger partial charge in [-0.3, -0.25) is 24.5 Å². The van der Waals surface area contributed by atoms with Crippen LogP contribution in [0.3, 0.4) is 0 Å². The highest BCUT2D eigenvalue weighted by molar-refractivity contribution is 6.01. The molecule has 1 atom stereocenters. The van der Waals surface area contributed by atoms with Crippen LogP contribution in [0.2, 0.25) is 0 Å². The van der Waals surface area contributed by atoms with Crippen LogP contribution in [0.4, 0.5) is 0 Å². The van der Waals surface area contributed by atoms with Crippen LogP contribution in [0, 0.1) is 21.4 Å². The Kier molecular flexibility index (Phi) is 6.81. The molecule has 0 radical (unpaired) electrons. The number of ketones is 1. The Bertz CT molecular complexity index is 389. The van der Waals surface area contributed by atoms with Gasteiger partial charge >= 0.3 is 11.9 Å². The summed E-state index contributed by atoms with van der Waals surface area (Å²) in [7, 11) is 0. The molecule has 0 aliphatic carbocycles. The van der Waals surface area contributed by atoms with Crippen LogP contribution < -0.4 is 0 Å². The monoisotopic (exact) mass is 289 g/mol. The molecule has 0 aliphatic heterocycles. The molecule has 0 aromatic heterocycles. The third-order valence-corrected chi connectivity index (χ3v) is 2.94. The summed E-state index contributed by atoms with van der Waals surface area (Å²) in [6.07, 6.45) is 0. The third-order valence-electron chi connectivity index (χ3n) is 2.94. The number of ether oxygens (including phenoxy) is 2. The molecule has 8 nitrogen and oxygen atoms in total. The first kappa shape index (κ1) is 18.0. The summed E-state index contributed by atoms with van der Waals surface area (Å²) in [5.41, 5.74) is -1.80. The van der Waals surface area contributed by atoms with Gasteiger partial charge in [0, 0.05) is 4.92 Å². The highest BCUT2D eigenvalue weighted by atomic mass is 16.6. The number of carbonyl (C=O) groups is 3. The van der Waals surface area contributed by atoms with Crippen LogP contribution in [-0.2, 0) is 23.9 Å². The number of hydrogen-bond acceptors (Lipinski definition) is 7. The van der Waals surface area contributed by atoms with E-state index in [1.807, 2.05) is 0 Å². The van der Waals surface area contributed by atoms with Crippen molar-refractivity contribution < 1.29 is 28.8 Å². The quantitative estimate of drug-likeness (QED) is 0.278. The maximum absolute atomic E-state index is 11.9. The average Bonchev–Trinajstić information content (AvgIpc) is 2.28. The Balaban J connectivity index is 5.64. The molecule has 20 heavy (non-hydrogen) atoms. The van der Waals surface area contributed by atoms with Crippen LogP contribution in [0.1, 0.15) is 27.7 Å². The van der Waals surface area contributed by atoms with Gasteiger partial charge in [0.2, 0.25) is 6.54 Å². The van der Waals surface area contributed by atoms with E-state index in [0.29, 0.717) is 0 Å². The second-order valence-electron chi connectivity index (χ2n) is 4.40. The summed E-state index contributed by atoms with van der Waals surface area (Å²) < 4.78 is 9.47. The fraction of sp³-hybridized carbons (Fsp3) is 0.750. The van der Waals surface area contributed by atoms with Crippen molar-refractivity contribution in [2.75, 3.05) is 19.8 Å². The lowest BCUT2D eigenvalue weighted by atomic mass is 9.74. The van der Waals surface area contributed by atoms with Crippen molar-refractivity contribution in [3.63, 3.8) is 0 Å². The largest absolute Gasteiger partial charge is 0.465 e. The zero-order chi connectivity index (χ0) is 15.9. The number of carbonyl (C=O) groups excluding carboxylic acids is 3. The SMILES string of the molecule is CCOC(=O)C(C(=O)OCC)C(C)(C[N+](=O)[O-])C(C)=O. The van der Waals surface area contributed by atoms with Crippen LogP contribution in [0.5, 0.6) is 0 Å². The number of Topliss-reactive ketones (excluding diaryl/α,β-unsaturated/α-hetero) is 1. The van der Waals surface area contributed by atoms with E-state index in [0.717, 1.165) is 6.92 Å². The Labute approximate surface area is 116 Å². The van der Waals surface area contributed by atoms with E-state index in [1.54, 1.807) is 0 Å². The van der Waals surface area contributed by atoms with E-state index in [4.69, 9.17) is 9.47 Å². The van der Waals surface area contributed by atoms with Crippen molar-refractivity contribution in [1.29, 1.82) is 0 Å². The Morgan fingerprint density at radius 3 is 1.80 bits per heavy atom. The summed E-state index contributed by atoms with van der Waals surface area (Å²) in [6, 6.07) is 0. The van der Waals surface area contributed by atoms with Crippen LogP contribution in [-0.4, -0.2) is 42.4 Å². The van der Waals surface area contributed by atoms with E-state index in [-0.39, 0.29) is 13.2 Å². The summed E-state index contributed by atoms with van der Waals surface area (Å²) in [5.74, 6) is -4.29. The van der Waals surface area contributed by atoms with Gasteiger partial charge in [0.1, 0.15) is 11.2 Å². The van der Waals surface area contributed by atoms with Crippen LogP contribution in [0.15, 0.2) is 0 Å². The number of rotatable bonds is 8. The van der Waals surface area contributed by atoms with Crippen molar-refractivity contribution in [2.24, 2.45) is 11.3 Å². The molecule has 0 spiro atoms. The molecule has 0 aliphatic rings. The Morgan fingerprint density at radius 1 is 1.15 bits per heavy atom. The molecule has 0 saturated heterocycles. The van der Waals surface area contributed by atoms with E-state index < -0.39 is 40.5 Å². The first-order valence-electron chi connectivity index (χ1n) is 6.16. The zero-order valence-electron chi connectivity index (χ0n) is 12.0. The van der Waals surface area contributed by atoms with Gasteiger partial charge in [-0.2, -0.15) is 0 Å². The van der Waals surface area contributed by atoms with Gasteiger partial charge < -0.3 is 9.47 Å². The maximum atomic E-state index is 11.9. The lowest BCUT2D eigenvalue weighted by molar-refractivity contribution is -0.494. The lowest BCUT2D eigenvalue weighted by Crippen LogP contribution is -2.49. The first-order valence-corrected chi connectivity index (χ1v) is 6.16. The minimum Gasteiger partial charge on any atom is -0.465 e. The Hall–Kier alpha value is -1.99. The van der Waals surface area contributed by atoms with Gasteiger partial charge in [0.05, 0.1) is 13.2 Å². The van der Waals surface area contributed by atoms with Crippen molar-refractivity contribution in [3.8, 4) is 0 Å². The highest BCUT2D eigenvalue weighted by Gasteiger charge is 2.53. The molecule has 0 bridgehead atoms. The van der Waals surface area contributed by atoms with Crippen LogP contribution in [0.25, 0.3) is 0 Å². The van der Waals surface area contributed by atoms with Crippen molar-refractivity contribution in [3.05, 3.63) is 10.1 Å². The smallest absolute Gasteiger partial charge is 0.321 e. The number of esters is 2. The molecular weight excluding hydrogens is 270 g/mol. The fourth-order valence-corrected chi connectivity index (χ4v) is 1.74. The molecule has 0 aromatic carbocycles. The molecule has 0 saturated carbocycles. The normalized spacial score (nSPS) is 13.4. The lowest BCUT2D eigenvalue weighted by Gasteiger charge is -2.28. The standard InChI is InChI=1S/C12H19NO7/c1-5-19-10(15)9(11(16)20-6-2)12(4,8(3)14)7-13(17)18/h9H,5-7H2,1-4H3. The summed E-state index contributed by atoms with van der Waals surface area (Å²) in [4.78, 5) is 45.5. The molecule has 0 rings (SSSR count). The second-order valence-corrected chi connectivity index (χ2v) is 4.40. The number of nitrogens with zero attached hydrogens (tertiary/aromatic N) is 1. The average molecular weight is 289 g/mol. The summed E-state index contributed by atoms with van der Waals surface area (Å²) >= 11 is 0. The predicted molar refractivity (Wildman–Crippen MR) is 67.4 cm³/mol. The summed E-state index contributed by atoms with van der Waals surface area (Å²) in [5, 5.41) is 10.7. The molecule has 0 N–H and O–H groups in total. The molecule has 114 valence electrons. The van der Waals surface area contributed by atoms with Gasteiger partial charge in [-0.1, -0.05) is 0 Å². The minimum atomic E-state index is -1.80. The van der Waals surface area contributed by atoms with Crippen molar-refractivity contribution in [1.82, 2.24) is 0 Å². The zero-order valence-corrected chi connectivity index (χ0v) is 12.0. The van der Waals surface area contributed by atoms with Gasteiger partial charge in [0.25, 0.3) is 0 Å². The second kappa shape index (κ2) is 7.56. The van der Waals surface area contributed by atoms with Crippen molar-refractivity contribution >= 4 is 17.7 Å². The van der Waals surface area contributed by atoms with Crippen molar-refractivity contribution in [2.45, 2.75) is 27.7 Å². The van der Waals surface area contributed by atoms with E-state index in [2.05, 4.69) is 0 Å². The molecule has 1 unspecified atom stereocenters. The van der Waals surface area contributed by atoms with Gasteiger partial charge in [-0.15, -0.1) is 0 Å². The molecular formula is C12H19NO7. The first-order chi connectivity index (χ1) is 9.20. The van der Waals surface area contributed by atoms with E-state index >= 15 is 0 Å². The maximum Gasteiger partial charge on any atom is 0.321 e. The number of nitro groups is 1. The van der Waals surface area contributed by atoms with Crippen LogP contribution >= 0.6 is 0 Å².